The number of carbonyl (C=O) groups excluding carboxylic acids is 1. The van der Waals surface area contributed by atoms with E-state index in [1.807, 2.05) is 48.5 Å². The molecule has 0 spiro atoms. The number of hydrogen-bond acceptors (Lipinski definition) is 4. The number of benzene rings is 2. The summed E-state index contributed by atoms with van der Waals surface area (Å²) in [6.07, 6.45) is 3.10. The Labute approximate surface area is 155 Å². The van der Waals surface area contributed by atoms with E-state index in [4.69, 9.17) is 9.47 Å². The summed E-state index contributed by atoms with van der Waals surface area (Å²) < 4.78 is 11.2. The Kier molecular flexibility index (Phi) is 8.33. The molecule has 0 saturated heterocycles. The fourth-order valence-corrected chi connectivity index (χ4v) is 2.27. The van der Waals surface area contributed by atoms with Crippen LogP contribution in [0.3, 0.4) is 0 Å². The van der Waals surface area contributed by atoms with E-state index >= 15 is 0 Å². The van der Waals surface area contributed by atoms with Crippen LogP contribution in [0.4, 0.5) is 11.4 Å². The minimum Gasteiger partial charge on any atom is -0.494 e. The highest BCUT2D eigenvalue weighted by molar-refractivity contribution is 5.93. The summed E-state index contributed by atoms with van der Waals surface area (Å²) in [5.74, 6) is 1.51. The molecule has 0 aliphatic carbocycles. The zero-order valence-corrected chi connectivity index (χ0v) is 15.6. The third-order valence-corrected chi connectivity index (χ3v) is 3.66. The van der Waals surface area contributed by atoms with Crippen molar-refractivity contribution in [2.45, 2.75) is 33.1 Å². The molecule has 2 rings (SSSR count). The first-order valence-corrected chi connectivity index (χ1v) is 9.20. The Bertz CT molecular complexity index is 671. The highest BCUT2D eigenvalue weighted by atomic mass is 16.5. The Morgan fingerprint density at radius 2 is 1.65 bits per heavy atom. The van der Waals surface area contributed by atoms with Crippen molar-refractivity contribution in [2.24, 2.45) is 0 Å². The highest BCUT2D eigenvalue weighted by Gasteiger charge is 2.04. The molecule has 2 aromatic rings. The Morgan fingerprint density at radius 1 is 0.885 bits per heavy atom. The van der Waals surface area contributed by atoms with Crippen LogP contribution in [0.15, 0.2) is 48.5 Å². The van der Waals surface area contributed by atoms with E-state index < -0.39 is 0 Å². The van der Waals surface area contributed by atoms with Crippen LogP contribution in [-0.2, 0) is 4.79 Å². The second kappa shape index (κ2) is 11.0. The minimum absolute atomic E-state index is 0.107. The van der Waals surface area contributed by atoms with Crippen molar-refractivity contribution in [3.63, 3.8) is 0 Å². The van der Waals surface area contributed by atoms with Crippen LogP contribution in [0.2, 0.25) is 0 Å². The fraction of sp³-hybridized carbons (Fsp3) is 0.381. The van der Waals surface area contributed by atoms with Crippen LogP contribution in [0.1, 0.15) is 33.1 Å². The van der Waals surface area contributed by atoms with E-state index in [9.17, 15) is 4.79 Å². The van der Waals surface area contributed by atoms with Crippen molar-refractivity contribution in [1.82, 2.24) is 0 Å². The second-order valence-electron chi connectivity index (χ2n) is 6.00. The first kappa shape index (κ1) is 19.6. The number of unbranched alkanes of at least 4 members (excludes halogenated alkanes) is 1. The van der Waals surface area contributed by atoms with Gasteiger partial charge in [-0.05, 0) is 49.2 Å². The molecule has 0 atom stereocenters. The van der Waals surface area contributed by atoms with Gasteiger partial charge in [0.1, 0.15) is 11.5 Å². The number of nitrogens with one attached hydrogen (secondary N) is 2. The number of ether oxygens (including phenoxy) is 2. The number of carbonyl (C=O) groups is 1. The fourth-order valence-electron chi connectivity index (χ4n) is 2.27. The topological polar surface area (TPSA) is 59.6 Å². The van der Waals surface area contributed by atoms with Crippen LogP contribution >= 0.6 is 0 Å². The van der Waals surface area contributed by atoms with E-state index in [1.165, 1.54) is 0 Å². The molecule has 0 heterocycles. The van der Waals surface area contributed by atoms with E-state index in [0.29, 0.717) is 13.2 Å². The van der Waals surface area contributed by atoms with E-state index in [1.54, 1.807) is 0 Å². The summed E-state index contributed by atoms with van der Waals surface area (Å²) >= 11 is 0. The number of rotatable bonds is 11. The zero-order valence-electron chi connectivity index (χ0n) is 15.6. The lowest BCUT2D eigenvalue weighted by atomic mass is 10.3. The van der Waals surface area contributed by atoms with E-state index in [2.05, 4.69) is 24.5 Å². The van der Waals surface area contributed by atoms with Crippen LogP contribution < -0.4 is 20.1 Å². The highest BCUT2D eigenvalue weighted by Crippen LogP contribution is 2.18. The zero-order chi connectivity index (χ0) is 18.6. The predicted octanol–water partition coefficient (Wildman–Crippen LogP) is 4.70. The molecule has 0 aliphatic heterocycles. The van der Waals surface area contributed by atoms with Gasteiger partial charge in [-0.25, -0.2) is 0 Å². The van der Waals surface area contributed by atoms with Crippen molar-refractivity contribution in [2.75, 3.05) is 30.4 Å². The molecule has 0 aromatic heterocycles. The van der Waals surface area contributed by atoms with Gasteiger partial charge in [-0.2, -0.15) is 0 Å². The lowest BCUT2D eigenvalue weighted by Gasteiger charge is -2.10. The van der Waals surface area contributed by atoms with Gasteiger partial charge in [0.15, 0.2) is 0 Å². The summed E-state index contributed by atoms with van der Waals surface area (Å²) in [6, 6.07) is 15.0. The van der Waals surface area contributed by atoms with Crippen molar-refractivity contribution in [3.8, 4) is 11.5 Å². The number of anilines is 2. The lowest BCUT2D eigenvalue weighted by Crippen LogP contribution is -2.21. The molecule has 0 saturated carbocycles. The molecule has 5 heteroatoms. The predicted molar refractivity (Wildman–Crippen MR) is 106 cm³/mol. The maximum Gasteiger partial charge on any atom is 0.243 e. The van der Waals surface area contributed by atoms with Gasteiger partial charge >= 0.3 is 0 Å². The molecule has 0 radical (unpaired) electrons. The van der Waals surface area contributed by atoms with Crippen molar-refractivity contribution >= 4 is 17.3 Å². The quantitative estimate of drug-likeness (QED) is 0.573. The molecule has 140 valence electrons. The van der Waals surface area contributed by atoms with Gasteiger partial charge in [-0.15, -0.1) is 0 Å². The Balaban J connectivity index is 1.78. The minimum atomic E-state index is -0.107. The van der Waals surface area contributed by atoms with E-state index in [0.717, 1.165) is 42.1 Å². The maximum absolute atomic E-state index is 12.1. The van der Waals surface area contributed by atoms with Crippen LogP contribution in [0.25, 0.3) is 0 Å². The molecule has 0 fully saturated rings. The number of amides is 1. The Hall–Kier alpha value is -2.69. The Morgan fingerprint density at radius 3 is 2.38 bits per heavy atom. The largest absolute Gasteiger partial charge is 0.494 e. The molecule has 0 unspecified atom stereocenters. The molecular weight excluding hydrogens is 328 g/mol. The van der Waals surface area contributed by atoms with Crippen LogP contribution in [-0.4, -0.2) is 25.7 Å². The average molecular weight is 356 g/mol. The van der Waals surface area contributed by atoms with Gasteiger partial charge in [0.2, 0.25) is 5.91 Å². The first-order valence-electron chi connectivity index (χ1n) is 9.20. The van der Waals surface area contributed by atoms with Crippen molar-refractivity contribution in [3.05, 3.63) is 48.5 Å². The van der Waals surface area contributed by atoms with Gasteiger partial charge in [0, 0.05) is 17.4 Å². The molecule has 1 amide bonds. The molecule has 2 aromatic carbocycles. The first-order chi connectivity index (χ1) is 12.7. The van der Waals surface area contributed by atoms with Gasteiger partial charge < -0.3 is 20.1 Å². The van der Waals surface area contributed by atoms with Crippen molar-refractivity contribution < 1.29 is 14.3 Å². The normalized spacial score (nSPS) is 10.2. The van der Waals surface area contributed by atoms with Crippen LogP contribution in [0.5, 0.6) is 11.5 Å². The summed E-state index contributed by atoms with van der Waals surface area (Å²) in [6.45, 7) is 5.78. The smallest absolute Gasteiger partial charge is 0.243 e. The monoisotopic (exact) mass is 356 g/mol. The summed E-state index contributed by atoms with van der Waals surface area (Å²) in [5, 5.41) is 5.98. The van der Waals surface area contributed by atoms with Gasteiger partial charge in [0.25, 0.3) is 0 Å². The van der Waals surface area contributed by atoms with E-state index in [-0.39, 0.29) is 12.5 Å². The van der Waals surface area contributed by atoms with Crippen molar-refractivity contribution in [1.29, 1.82) is 0 Å². The second-order valence-corrected chi connectivity index (χ2v) is 6.00. The van der Waals surface area contributed by atoms with Gasteiger partial charge in [0.05, 0.1) is 19.8 Å². The molecular formula is C21H28N2O3. The SMILES string of the molecule is CCCCOc1cccc(NCC(=O)Nc2ccc(OCCC)cc2)c1. The maximum atomic E-state index is 12.1. The summed E-state index contributed by atoms with van der Waals surface area (Å²) in [4.78, 5) is 12.1. The molecule has 2 N–H and O–H groups in total. The molecule has 5 nitrogen and oxygen atoms in total. The van der Waals surface area contributed by atoms with Crippen LogP contribution in [0, 0.1) is 0 Å². The summed E-state index contributed by atoms with van der Waals surface area (Å²) in [7, 11) is 0. The molecule has 26 heavy (non-hydrogen) atoms. The third-order valence-electron chi connectivity index (χ3n) is 3.66. The standard InChI is InChI=1S/C21H28N2O3/c1-3-5-14-26-20-8-6-7-18(15-20)22-16-21(24)23-17-9-11-19(12-10-17)25-13-4-2/h6-12,15,22H,3-5,13-14,16H2,1-2H3,(H,23,24). The van der Waals surface area contributed by atoms with Gasteiger partial charge in [-0.3, -0.25) is 4.79 Å². The average Bonchev–Trinajstić information content (AvgIpc) is 2.66. The lowest BCUT2D eigenvalue weighted by molar-refractivity contribution is -0.114. The number of hydrogen-bond donors (Lipinski definition) is 2. The molecule has 0 bridgehead atoms. The van der Waals surface area contributed by atoms with Gasteiger partial charge in [-0.1, -0.05) is 26.3 Å². The summed E-state index contributed by atoms with van der Waals surface area (Å²) in [5.41, 5.74) is 1.61. The third kappa shape index (κ3) is 7.05. The molecule has 0 aliphatic rings.